The molecule has 4 N–H and O–H groups in total. The molecule has 0 atom stereocenters. The molecule has 0 spiro atoms. The van der Waals surface area contributed by atoms with Gasteiger partial charge in [0.25, 0.3) is 5.91 Å². The Morgan fingerprint density at radius 2 is 2.00 bits per heavy atom. The molecular formula is C14H16F3N7O2. The van der Waals surface area contributed by atoms with Crippen LogP contribution in [0.4, 0.5) is 25.1 Å². The predicted molar refractivity (Wildman–Crippen MR) is 87.3 cm³/mol. The van der Waals surface area contributed by atoms with Crippen LogP contribution < -0.4 is 16.4 Å². The van der Waals surface area contributed by atoms with Crippen LogP contribution in [0.15, 0.2) is 28.6 Å². The zero-order chi connectivity index (χ0) is 19.5. The van der Waals surface area contributed by atoms with Gasteiger partial charge in [0.05, 0.1) is 13.1 Å². The average molecular weight is 371 g/mol. The molecule has 1 aromatic heterocycles. The molecule has 0 unspecified atom stereocenters. The van der Waals surface area contributed by atoms with Gasteiger partial charge >= 0.3 is 6.18 Å². The molecule has 1 saturated heterocycles. The Hall–Kier alpha value is -3.18. The number of carbonyl (C=O) groups excluding carboxylic acids is 1. The number of nitrogen functional groups attached to an aromatic ring is 1. The van der Waals surface area contributed by atoms with Crippen LogP contribution in [0.25, 0.3) is 0 Å². The van der Waals surface area contributed by atoms with Crippen molar-refractivity contribution < 1.29 is 22.7 Å². The smallest absolute Gasteiger partial charge is 0.412 e. The Kier molecular flexibility index (Phi) is 5.43. The van der Waals surface area contributed by atoms with Gasteiger partial charge in [0.15, 0.2) is 0 Å². The van der Waals surface area contributed by atoms with Crippen molar-refractivity contribution in [1.29, 1.82) is 0 Å². The molecule has 0 bridgehead atoms. The van der Waals surface area contributed by atoms with Crippen LogP contribution >= 0.6 is 0 Å². The topological polar surface area (TPSA) is 133 Å². The highest BCUT2D eigenvalue weighted by Crippen LogP contribution is 2.25. The number of anilines is 2. The Morgan fingerprint density at radius 3 is 2.54 bits per heavy atom. The Labute approximate surface area is 146 Å². The lowest BCUT2D eigenvalue weighted by Crippen LogP contribution is -2.53. The number of carbonyl (C=O) groups is 1. The third kappa shape index (κ3) is 4.68. The van der Waals surface area contributed by atoms with Crippen LogP contribution in [0, 0.1) is 0 Å². The third-order valence-electron chi connectivity index (χ3n) is 3.36. The maximum absolute atomic E-state index is 12.5. The van der Waals surface area contributed by atoms with Crippen LogP contribution in [-0.4, -0.2) is 52.9 Å². The number of aliphatic imine (C=N–C) groups is 1. The molecule has 2 heterocycles. The van der Waals surface area contributed by atoms with Gasteiger partial charge in [-0.3, -0.25) is 4.79 Å². The van der Waals surface area contributed by atoms with Gasteiger partial charge in [-0.2, -0.15) is 28.1 Å². The Balaban J connectivity index is 1.99. The van der Waals surface area contributed by atoms with Crippen molar-refractivity contribution in [2.75, 3.05) is 23.7 Å². The summed E-state index contributed by atoms with van der Waals surface area (Å²) in [5.74, 6) is -1.17. The van der Waals surface area contributed by atoms with Crippen molar-refractivity contribution in [2.24, 2.45) is 10.7 Å². The van der Waals surface area contributed by atoms with E-state index in [-0.39, 0.29) is 29.7 Å². The number of amides is 1. The van der Waals surface area contributed by atoms with Crippen LogP contribution in [-0.2, 0) is 4.74 Å². The number of alkyl halides is 3. The number of primary amides is 1. The second kappa shape index (κ2) is 7.37. The van der Waals surface area contributed by atoms with Crippen LogP contribution in [0.1, 0.15) is 17.5 Å². The maximum atomic E-state index is 12.5. The van der Waals surface area contributed by atoms with Crippen molar-refractivity contribution in [3.8, 4) is 0 Å². The minimum absolute atomic E-state index is 0.0498. The number of allylic oxidation sites excluding steroid dienone is 3. The molecule has 0 aromatic carbocycles. The van der Waals surface area contributed by atoms with E-state index < -0.39 is 17.7 Å². The van der Waals surface area contributed by atoms with Crippen LogP contribution in [0.3, 0.4) is 0 Å². The number of hydrogen-bond acceptors (Lipinski definition) is 8. The first kappa shape index (κ1) is 19.1. The SMILES string of the molecule is C=N/C(=C\C=C(/C)C(F)(F)F)OC1CN(c2nc(N)nc(C(N)=O)n2)C1. The molecular weight excluding hydrogens is 355 g/mol. The Bertz CT molecular complexity index is 770. The summed E-state index contributed by atoms with van der Waals surface area (Å²) >= 11 is 0. The van der Waals surface area contributed by atoms with E-state index in [4.69, 9.17) is 16.2 Å². The molecule has 2 rings (SSSR count). The van der Waals surface area contributed by atoms with Gasteiger partial charge in [-0.1, -0.05) is 0 Å². The zero-order valence-corrected chi connectivity index (χ0v) is 13.7. The molecule has 1 fully saturated rings. The fraction of sp³-hybridized carbons (Fsp3) is 0.357. The van der Waals surface area contributed by atoms with Crippen molar-refractivity contribution in [3.63, 3.8) is 0 Å². The van der Waals surface area contributed by atoms with E-state index in [0.717, 1.165) is 19.1 Å². The number of nitrogens with two attached hydrogens (primary N) is 2. The van der Waals surface area contributed by atoms with Crippen LogP contribution in [0.2, 0.25) is 0 Å². The second-order valence-electron chi connectivity index (χ2n) is 5.34. The lowest BCUT2D eigenvalue weighted by Gasteiger charge is -2.38. The zero-order valence-electron chi connectivity index (χ0n) is 13.7. The number of hydrogen-bond donors (Lipinski definition) is 2. The largest absolute Gasteiger partial charge is 0.471 e. The minimum Gasteiger partial charge on any atom is -0.471 e. The number of halogens is 3. The van der Waals surface area contributed by atoms with Gasteiger partial charge in [0.2, 0.25) is 23.6 Å². The summed E-state index contributed by atoms with van der Waals surface area (Å²) in [7, 11) is 0. The Morgan fingerprint density at radius 1 is 1.35 bits per heavy atom. The maximum Gasteiger partial charge on any atom is 0.412 e. The van der Waals surface area contributed by atoms with E-state index in [2.05, 4.69) is 26.7 Å². The molecule has 0 radical (unpaired) electrons. The first-order valence-corrected chi connectivity index (χ1v) is 7.25. The highest BCUT2D eigenvalue weighted by atomic mass is 19.4. The molecule has 9 nitrogen and oxygen atoms in total. The minimum atomic E-state index is -4.42. The molecule has 1 aromatic rings. The highest BCUT2D eigenvalue weighted by molar-refractivity contribution is 5.89. The number of rotatable bonds is 6. The van der Waals surface area contributed by atoms with Crippen molar-refractivity contribution in [3.05, 3.63) is 29.4 Å². The lowest BCUT2D eigenvalue weighted by atomic mass is 10.2. The molecule has 0 saturated carbocycles. The van der Waals surface area contributed by atoms with Gasteiger partial charge < -0.3 is 21.1 Å². The van der Waals surface area contributed by atoms with Gasteiger partial charge in [-0.25, -0.2) is 4.99 Å². The van der Waals surface area contributed by atoms with Gasteiger partial charge in [0.1, 0.15) is 6.10 Å². The van der Waals surface area contributed by atoms with Gasteiger partial charge in [-0.05, 0) is 19.7 Å². The quantitative estimate of drug-likeness (QED) is 0.429. The summed E-state index contributed by atoms with van der Waals surface area (Å²) in [5, 5.41) is 0. The van der Waals surface area contributed by atoms with E-state index in [1.165, 1.54) is 0 Å². The number of ether oxygens (including phenoxy) is 1. The lowest BCUT2D eigenvalue weighted by molar-refractivity contribution is -0.0913. The normalized spacial score (nSPS) is 16.2. The first-order chi connectivity index (χ1) is 12.1. The molecule has 12 heteroatoms. The van der Waals surface area contributed by atoms with Crippen molar-refractivity contribution in [1.82, 2.24) is 15.0 Å². The molecule has 1 amide bonds. The third-order valence-corrected chi connectivity index (χ3v) is 3.36. The molecule has 26 heavy (non-hydrogen) atoms. The predicted octanol–water partition coefficient (Wildman–Crippen LogP) is 0.808. The molecule has 1 aliphatic rings. The van der Waals surface area contributed by atoms with E-state index in [1.807, 2.05) is 0 Å². The fourth-order valence-corrected chi connectivity index (χ4v) is 1.90. The van der Waals surface area contributed by atoms with E-state index in [9.17, 15) is 18.0 Å². The fourth-order valence-electron chi connectivity index (χ4n) is 1.90. The summed E-state index contributed by atoms with van der Waals surface area (Å²) < 4.78 is 42.8. The summed E-state index contributed by atoms with van der Waals surface area (Å²) in [4.78, 5) is 27.7. The average Bonchev–Trinajstić information content (AvgIpc) is 2.51. The van der Waals surface area contributed by atoms with E-state index in [0.29, 0.717) is 13.1 Å². The summed E-state index contributed by atoms with van der Waals surface area (Å²) in [6.45, 7) is 4.80. The number of nitrogens with zero attached hydrogens (tertiary/aromatic N) is 5. The summed E-state index contributed by atoms with van der Waals surface area (Å²) in [5.41, 5.74) is 9.81. The van der Waals surface area contributed by atoms with Crippen molar-refractivity contribution >= 4 is 24.5 Å². The summed E-state index contributed by atoms with van der Waals surface area (Å²) in [6.07, 6.45) is -2.86. The molecule has 0 aliphatic carbocycles. The first-order valence-electron chi connectivity index (χ1n) is 7.25. The molecule has 140 valence electrons. The van der Waals surface area contributed by atoms with Crippen LogP contribution in [0.5, 0.6) is 0 Å². The second-order valence-corrected chi connectivity index (χ2v) is 5.34. The van der Waals surface area contributed by atoms with E-state index >= 15 is 0 Å². The van der Waals surface area contributed by atoms with Gasteiger partial charge in [0, 0.05) is 11.6 Å². The van der Waals surface area contributed by atoms with Crippen molar-refractivity contribution in [2.45, 2.75) is 19.2 Å². The summed E-state index contributed by atoms with van der Waals surface area (Å²) in [6, 6.07) is 0. The number of aromatic nitrogens is 3. The van der Waals surface area contributed by atoms with E-state index in [1.54, 1.807) is 4.90 Å². The monoisotopic (exact) mass is 371 g/mol. The molecule has 1 aliphatic heterocycles. The standard InChI is InChI=1S/C14H16F3N7O2/c1-7(14(15,16)17)3-4-9(20-2)26-8-5-24(6-8)13-22-11(10(18)25)21-12(19)23-13/h3-4,8H,2,5-6H2,1H3,(H2,18,25)(H2,19,21,22,23)/b7-3+,9-4+. The highest BCUT2D eigenvalue weighted by Gasteiger charge is 2.32. The van der Waals surface area contributed by atoms with Gasteiger partial charge in [-0.15, -0.1) is 0 Å².